The van der Waals surface area contributed by atoms with E-state index in [1.807, 2.05) is 50.3 Å². The van der Waals surface area contributed by atoms with Crippen molar-refractivity contribution in [3.63, 3.8) is 0 Å². The zero-order valence-electron chi connectivity index (χ0n) is 15.3. The number of aromatic nitrogens is 1. The van der Waals surface area contributed by atoms with E-state index >= 15 is 0 Å². The highest BCUT2D eigenvalue weighted by Gasteiger charge is 2.11. The highest BCUT2D eigenvalue weighted by molar-refractivity contribution is 6.30. The summed E-state index contributed by atoms with van der Waals surface area (Å²) in [6.45, 7) is 6.24. The van der Waals surface area contributed by atoms with Gasteiger partial charge in [-0.2, -0.15) is 0 Å². The molecule has 3 rings (SSSR count). The summed E-state index contributed by atoms with van der Waals surface area (Å²) in [5, 5.41) is 1.87. The molecule has 3 aromatic rings. The van der Waals surface area contributed by atoms with Gasteiger partial charge < -0.3 is 9.30 Å². The molecule has 0 unspecified atom stereocenters. The molecule has 0 bridgehead atoms. The first-order valence-electron chi connectivity index (χ1n) is 8.79. The lowest BCUT2D eigenvalue weighted by molar-refractivity contribution is -0.138. The minimum atomic E-state index is -0.251. The maximum Gasteiger partial charge on any atom is 0.333 e. The molecule has 0 spiro atoms. The van der Waals surface area contributed by atoms with Gasteiger partial charge in [-0.25, -0.2) is 4.79 Å². The van der Waals surface area contributed by atoms with Crippen molar-refractivity contribution in [2.24, 2.45) is 0 Å². The van der Waals surface area contributed by atoms with Crippen LogP contribution in [0.25, 0.3) is 22.7 Å². The summed E-state index contributed by atoms with van der Waals surface area (Å²) in [6, 6.07) is 16.2. The van der Waals surface area contributed by atoms with Crippen LogP contribution in [0.2, 0.25) is 5.02 Å². The van der Waals surface area contributed by atoms with Crippen molar-refractivity contribution in [3.05, 3.63) is 70.4 Å². The number of halogens is 1. The number of hydrogen-bond donors (Lipinski definition) is 0. The topological polar surface area (TPSA) is 31.2 Å². The molecular weight excluding hydrogens is 346 g/mol. The molecule has 1 heterocycles. The van der Waals surface area contributed by atoms with Crippen LogP contribution < -0.4 is 0 Å². The Balaban J connectivity index is 2.09. The van der Waals surface area contributed by atoms with Gasteiger partial charge in [-0.15, -0.1) is 0 Å². The molecule has 0 radical (unpaired) electrons. The zero-order valence-corrected chi connectivity index (χ0v) is 16.0. The van der Waals surface area contributed by atoms with Gasteiger partial charge in [0, 0.05) is 27.4 Å². The molecule has 0 amide bonds. The largest absolute Gasteiger partial charge is 0.463 e. The standard InChI is InChI=1S/C22H22ClNO2/c1-4-17(22(25)26-5-2)13-16-6-7-18-12-15(3)24(21(18)14-16)20-10-8-19(23)9-11-20/h6-14H,4-5H2,1-3H3/b17-13-. The number of carbonyl (C=O) groups is 1. The number of aryl methyl sites for hydroxylation is 1. The van der Waals surface area contributed by atoms with Crippen molar-refractivity contribution in [2.45, 2.75) is 27.2 Å². The number of fused-ring (bicyclic) bond motifs is 1. The van der Waals surface area contributed by atoms with Gasteiger partial charge in [0.2, 0.25) is 0 Å². The summed E-state index contributed by atoms with van der Waals surface area (Å²) >= 11 is 6.02. The first kappa shape index (κ1) is 18.3. The summed E-state index contributed by atoms with van der Waals surface area (Å²) in [7, 11) is 0. The summed E-state index contributed by atoms with van der Waals surface area (Å²) in [5.41, 5.74) is 4.95. The smallest absolute Gasteiger partial charge is 0.333 e. The summed E-state index contributed by atoms with van der Waals surface area (Å²) in [5.74, 6) is -0.251. The Morgan fingerprint density at radius 1 is 1.12 bits per heavy atom. The fourth-order valence-electron chi connectivity index (χ4n) is 3.11. The Morgan fingerprint density at radius 2 is 1.85 bits per heavy atom. The first-order chi connectivity index (χ1) is 12.5. The molecular formula is C22H22ClNO2. The number of nitrogens with zero attached hydrogens (tertiary/aromatic N) is 1. The number of hydrogen-bond acceptors (Lipinski definition) is 2. The molecule has 0 aliphatic heterocycles. The zero-order chi connectivity index (χ0) is 18.7. The number of esters is 1. The van der Waals surface area contributed by atoms with Crippen molar-refractivity contribution in [1.29, 1.82) is 0 Å². The van der Waals surface area contributed by atoms with Gasteiger partial charge >= 0.3 is 5.97 Å². The predicted octanol–water partition coefficient (Wildman–Crippen LogP) is 5.95. The second kappa shape index (κ2) is 7.79. The van der Waals surface area contributed by atoms with Crippen LogP contribution in [0.5, 0.6) is 0 Å². The highest BCUT2D eigenvalue weighted by atomic mass is 35.5. The van der Waals surface area contributed by atoms with Crippen molar-refractivity contribution >= 4 is 34.5 Å². The monoisotopic (exact) mass is 367 g/mol. The van der Waals surface area contributed by atoms with E-state index in [4.69, 9.17) is 16.3 Å². The summed E-state index contributed by atoms with van der Waals surface area (Å²) < 4.78 is 7.33. The van der Waals surface area contributed by atoms with E-state index in [-0.39, 0.29) is 5.97 Å². The molecule has 3 nitrogen and oxygen atoms in total. The lowest BCUT2D eigenvalue weighted by Gasteiger charge is -2.09. The van der Waals surface area contributed by atoms with Crippen LogP contribution in [0, 0.1) is 6.92 Å². The maximum absolute atomic E-state index is 12.1. The van der Waals surface area contributed by atoms with Crippen molar-refractivity contribution in [3.8, 4) is 5.69 Å². The second-order valence-corrected chi connectivity index (χ2v) is 6.60. The van der Waals surface area contributed by atoms with Crippen LogP contribution in [-0.2, 0) is 9.53 Å². The van der Waals surface area contributed by atoms with Crippen molar-refractivity contribution < 1.29 is 9.53 Å². The molecule has 0 fully saturated rings. The third-order valence-corrected chi connectivity index (χ3v) is 4.61. The maximum atomic E-state index is 12.1. The van der Waals surface area contributed by atoms with Crippen LogP contribution in [0.15, 0.2) is 54.1 Å². The van der Waals surface area contributed by atoms with E-state index in [0.29, 0.717) is 23.6 Å². The van der Waals surface area contributed by atoms with Crippen LogP contribution in [0.4, 0.5) is 0 Å². The molecule has 0 N–H and O–H groups in total. The highest BCUT2D eigenvalue weighted by Crippen LogP contribution is 2.27. The van der Waals surface area contributed by atoms with E-state index in [1.54, 1.807) is 0 Å². The summed E-state index contributed by atoms with van der Waals surface area (Å²) in [6.07, 6.45) is 2.54. The van der Waals surface area contributed by atoms with Crippen molar-refractivity contribution in [1.82, 2.24) is 4.57 Å². The van der Waals surface area contributed by atoms with Crippen LogP contribution in [0.1, 0.15) is 31.5 Å². The molecule has 0 aliphatic carbocycles. The fraction of sp³-hybridized carbons (Fsp3) is 0.227. The second-order valence-electron chi connectivity index (χ2n) is 6.16. The van der Waals surface area contributed by atoms with Crippen LogP contribution in [0.3, 0.4) is 0 Å². The molecule has 134 valence electrons. The van der Waals surface area contributed by atoms with Gasteiger partial charge in [-0.3, -0.25) is 0 Å². The predicted molar refractivity (Wildman–Crippen MR) is 108 cm³/mol. The number of carbonyl (C=O) groups excluding carboxylic acids is 1. The van der Waals surface area contributed by atoms with Gasteiger partial charge in [-0.1, -0.05) is 30.7 Å². The molecule has 2 aromatic carbocycles. The number of ether oxygens (including phenoxy) is 1. The Kier molecular flexibility index (Phi) is 5.48. The normalized spacial score (nSPS) is 11.8. The number of benzene rings is 2. The van der Waals surface area contributed by atoms with Crippen molar-refractivity contribution in [2.75, 3.05) is 6.61 Å². The molecule has 0 saturated heterocycles. The minimum Gasteiger partial charge on any atom is -0.463 e. The molecule has 0 aliphatic rings. The third kappa shape index (κ3) is 3.68. The average Bonchev–Trinajstić information content (AvgIpc) is 2.95. The molecule has 0 saturated carbocycles. The molecule has 1 aromatic heterocycles. The van der Waals surface area contributed by atoms with E-state index in [2.05, 4.69) is 29.7 Å². The van der Waals surface area contributed by atoms with Gasteiger partial charge in [0.15, 0.2) is 0 Å². The van der Waals surface area contributed by atoms with E-state index in [1.165, 1.54) is 0 Å². The van der Waals surface area contributed by atoms with Gasteiger partial charge in [0.1, 0.15) is 0 Å². The Labute approximate surface area is 158 Å². The van der Waals surface area contributed by atoms with E-state index in [0.717, 1.165) is 27.8 Å². The molecule has 26 heavy (non-hydrogen) atoms. The number of rotatable bonds is 5. The van der Waals surface area contributed by atoms with Crippen LogP contribution >= 0.6 is 11.6 Å². The van der Waals surface area contributed by atoms with Gasteiger partial charge in [0.25, 0.3) is 0 Å². The van der Waals surface area contributed by atoms with Gasteiger partial charge in [0.05, 0.1) is 12.1 Å². The van der Waals surface area contributed by atoms with Gasteiger partial charge in [-0.05, 0) is 68.3 Å². The quantitative estimate of drug-likeness (QED) is 0.412. The first-order valence-corrected chi connectivity index (χ1v) is 9.17. The Morgan fingerprint density at radius 3 is 2.50 bits per heavy atom. The third-order valence-electron chi connectivity index (χ3n) is 4.36. The minimum absolute atomic E-state index is 0.251. The Bertz CT molecular complexity index is 968. The lowest BCUT2D eigenvalue weighted by Crippen LogP contribution is -2.06. The average molecular weight is 368 g/mol. The lowest BCUT2D eigenvalue weighted by atomic mass is 10.1. The fourth-order valence-corrected chi connectivity index (χ4v) is 3.23. The SMILES string of the molecule is CCOC(=O)/C(=C\c1ccc2cc(C)n(-c3ccc(Cl)cc3)c2c1)CC. The molecule has 0 atom stereocenters. The van der Waals surface area contributed by atoms with E-state index < -0.39 is 0 Å². The molecule has 4 heteroatoms. The Hall–Kier alpha value is -2.52. The summed E-state index contributed by atoms with van der Waals surface area (Å²) in [4.78, 5) is 12.1. The van der Waals surface area contributed by atoms with E-state index in [9.17, 15) is 4.79 Å². The van der Waals surface area contributed by atoms with Crippen LogP contribution in [-0.4, -0.2) is 17.1 Å².